The Labute approximate surface area is 82.5 Å². The molecule has 0 atom stereocenters. The molecule has 0 spiro atoms. The fraction of sp³-hybridized carbons (Fsp3) is 1.00. The van der Waals surface area contributed by atoms with Gasteiger partial charge < -0.3 is 5.11 Å². The van der Waals surface area contributed by atoms with Crippen LogP contribution in [0.5, 0.6) is 0 Å². The van der Waals surface area contributed by atoms with Gasteiger partial charge in [0.15, 0.2) is 0 Å². The summed E-state index contributed by atoms with van der Waals surface area (Å²) in [6, 6.07) is 0. The molecule has 2 aliphatic carbocycles. The molecule has 78 valence electrons. The highest BCUT2D eigenvalue weighted by Crippen LogP contribution is 2.39. The van der Waals surface area contributed by atoms with Crippen LogP contribution in [-0.2, 0) is 0 Å². The summed E-state index contributed by atoms with van der Waals surface area (Å²) in [7, 11) is 0. The van der Waals surface area contributed by atoms with Crippen LogP contribution in [0.25, 0.3) is 0 Å². The quantitative estimate of drug-likeness (QED) is 0.612. The summed E-state index contributed by atoms with van der Waals surface area (Å²) in [6.45, 7) is 1.93. The van der Waals surface area contributed by atoms with Crippen molar-refractivity contribution in [2.24, 2.45) is 11.8 Å². The predicted octanol–water partition coefficient (Wildman–Crippen LogP) is 3.37. The lowest BCUT2D eigenvalue weighted by Gasteiger charge is -2.35. The molecule has 1 N–H and O–H groups in total. The van der Waals surface area contributed by atoms with Crippen LogP contribution in [0.2, 0.25) is 0 Å². The first-order chi connectivity index (χ1) is 6.38. The maximum Gasteiger partial charge on any atom is 0.0402 e. The van der Waals surface area contributed by atoms with Crippen molar-refractivity contribution in [1.29, 1.82) is 0 Å². The second-order valence-electron chi connectivity index (χ2n) is 4.41. The van der Waals surface area contributed by atoms with Crippen molar-refractivity contribution in [2.75, 3.05) is 6.61 Å². The van der Waals surface area contributed by atoms with Gasteiger partial charge >= 0.3 is 0 Å². The van der Waals surface area contributed by atoms with Crippen molar-refractivity contribution >= 4 is 0 Å². The molecular weight excluding hydrogens is 160 g/mol. The summed E-state index contributed by atoms with van der Waals surface area (Å²) in [5.41, 5.74) is 0. The van der Waals surface area contributed by atoms with E-state index in [9.17, 15) is 0 Å². The molecule has 0 saturated heterocycles. The molecule has 0 aromatic heterocycles. The largest absolute Gasteiger partial charge is 0.397 e. The van der Waals surface area contributed by atoms with Gasteiger partial charge in [-0.05, 0) is 18.8 Å². The second-order valence-corrected chi connectivity index (χ2v) is 4.41. The molecule has 1 heteroatoms. The molecule has 2 aliphatic rings. The molecular formula is C12H24O. The highest BCUT2D eigenvalue weighted by Gasteiger charge is 2.26. The number of fused-ring (bicyclic) bond motifs is 1. The van der Waals surface area contributed by atoms with Gasteiger partial charge in [-0.1, -0.05) is 51.4 Å². The van der Waals surface area contributed by atoms with Crippen LogP contribution in [-0.4, -0.2) is 11.7 Å². The van der Waals surface area contributed by atoms with E-state index >= 15 is 0 Å². The zero-order valence-corrected chi connectivity index (χ0v) is 8.97. The molecule has 0 aromatic rings. The number of hydrogen-bond donors (Lipinski definition) is 1. The van der Waals surface area contributed by atoms with Gasteiger partial charge in [-0.15, -0.1) is 0 Å². The van der Waals surface area contributed by atoms with Crippen molar-refractivity contribution in [1.82, 2.24) is 0 Å². The molecule has 0 radical (unpaired) electrons. The van der Waals surface area contributed by atoms with E-state index in [2.05, 4.69) is 0 Å². The lowest BCUT2D eigenvalue weighted by Crippen LogP contribution is -2.22. The lowest BCUT2D eigenvalue weighted by molar-refractivity contribution is 0.171. The first-order valence-corrected chi connectivity index (χ1v) is 5.99. The Kier molecular flexibility index (Phi) is 5.45. The van der Waals surface area contributed by atoms with Crippen molar-refractivity contribution < 1.29 is 5.11 Å². The minimum atomic E-state index is 0.250. The minimum Gasteiger partial charge on any atom is -0.397 e. The fourth-order valence-corrected chi connectivity index (χ4v) is 2.86. The molecule has 0 aromatic carbocycles. The Hall–Kier alpha value is -0.0400. The van der Waals surface area contributed by atoms with Gasteiger partial charge in [0.1, 0.15) is 0 Å². The highest BCUT2D eigenvalue weighted by molar-refractivity contribution is 4.78. The van der Waals surface area contributed by atoms with Crippen LogP contribution in [0, 0.1) is 11.8 Å². The summed E-state index contributed by atoms with van der Waals surface area (Å²) in [6.07, 6.45) is 12.4. The van der Waals surface area contributed by atoms with E-state index in [1.54, 1.807) is 32.6 Å². The van der Waals surface area contributed by atoms with E-state index in [0.717, 1.165) is 11.8 Å². The maximum atomic E-state index is 7.57. The van der Waals surface area contributed by atoms with Crippen molar-refractivity contribution in [2.45, 2.75) is 58.3 Å². The van der Waals surface area contributed by atoms with E-state index in [1.807, 2.05) is 0 Å². The highest BCUT2D eigenvalue weighted by atomic mass is 16.2. The third-order valence-corrected chi connectivity index (χ3v) is 3.47. The number of aliphatic hydroxyl groups is 1. The Morgan fingerprint density at radius 1 is 0.846 bits per heavy atom. The smallest absolute Gasteiger partial charge is 0.0402 e. The third kappa shape index (κ3) is 3.68. The zero-order chi connectivity index (χ0) is 9.52. The number of aliphatic hydroxyl groups excluding tert-OH is 1. The summed E-state index contributed by atoms with van der Waals surface area (Å²) in [5.74, 6) is 2.31. The van der Waals surface area contributed by atoms with Gasteiger partial charge in [-0.2, -0.15) is 0 Å². The molecule has 2 saturated carbocycles. The van der Waals surface area contributed by atoms with Crippen LogP contribution in [0.3, 0.4) is 0 Å². The topological polar surface area (TPSA) is 20.2 Å². The molecule has 0 unspecified atom stereocenters. The van der Waals surface area contributed by atoms with Gasteiger partial charge in [0.05, 0.1) is 0 Å². The summed E-state index contributed by atoms with van der Waals surface area (Å²) >= 11 is 0. The third-order valence-electron chi connectivity index (χ3n) is 3.47. The molecule has 13 heavy (non-hydrogen) atoms. The van der Waals surface area contributed by atoms with E-state index in [1.165, 1.54) is 25.7 Å². The van der Waals surface area contributed by atoms with Crippen molar-refractivity contribution in [3.8, 4) is 0 Å². The van der Waals surface area contributed by atoms with Crippen LogP contribution >= 0.6 is 0 Å². The van der Waals surface area contributed by atoms with E-state index in [4.69, 9.17) is 5.11 Å². The molecule has 2 fully saturated rings. The average Bonchev–Trinajstić information content (AvgIpc) is 2.19. The number of rotatable bonds is 0. The molecule has 0 amide bonds. The summed E-state index contributed by atoms with van der Waals surface area (Å²) in [5, 5.41) is 7.57. The zero-order valence-electron chi connectivity index (χ0n) is 8.97. The van der Waals surface area contributed by atoms with Crippen LogP contribution in [0.4, 0.5) is 0 Å². The Bertz CT molecular complexity index is 96.3. The maximum absolute atomic E-state index is 7.57. The number of hydrogen-bond acceptors (Lipinski definition) is 1. The summed E-state index contributed by atoms with van der Waals surface area (Å²) < 4.78 is 0. The van der Waals surface area contributed by atoms with Crippen LogP contribution in [0.15, 0.2) is 0 Å². The molecule has 0 heterocycles. The average molecular weight is 184 g/mol. The van der Waals surface area contributed by atoms with E-state index in [-0.39, 0.29) is 6.61 Å². The first-order valence-electron chi connectivity index (χ1n) is 5.99. The van der Waals surface area contributed by atoms with Gasteiger partial charge in [-0.3, -0.25) is 0 Å². The van der Waals surface area contributed by atoms with E-state index in [0.29, 0.717) is 0 Å². The molecule has 0 aliphatic heterocycles. The van der Waals surface area contributed by atoms with Crippen molar-refractivity contribution in [3.63, 3.8) is 0 Å². The SMILES string of the molecule is C1CCC2CCCCC2C1.CCO. The van der Waals surface area contributed by atoms with Gasteiger partial charge in [0.2, 0.25) is 0 Å². The lowest BCUT2D eigenvalue weighted by atomic mass is 9.71. The normalized spacial score (nSPS) is 32.8. The van der Waals surface area contributed by atoms with Gasteiger partial charge in [0, 0.05) is 6.61 Å². The molecule has 1 nitrogen and oxygen atoms in total. The Balaban J connectivity index is 0.000000251. The van der Waals surface area contributed by atoms with Crippen LogP contribution in [0.1, 0.15) is 58.3 Å². The van der Waals surface area contributed by atoms with Gasteiger partial charge in [0.25, 0.3) is 0 Å². The Morgan fingerprint density at radius 2 is 1.08 bits per heavy atom. The first kappa shape index (κ1) is 11.0. The summed E-state index contributed by atoms with van der Waals surface area (Å²) in [4.78, 5) is 0. The van der Waals surface area contributed by atoms with Crippen molar-refractivity contribution in [3.05, 3.63) is 0 Å². The minimum absolute atomic E-state index is 0.250. The van der Waals surface area contributed by atoms with Crippen LogP contribution < -0.4 is 0 Å². The predicted molar refractivity (Wildman–Crippen MR) is 56.7 cm³/mol. The molecule has 0 bridgehead atoms. The van der Waals surface area contributed by atoms with Gasteiger partial charge in [-0.25, -0.2) is 0 Å². The monoisotopic (exact) mass is 184 g/mol. The second kappa shape index (κ2) is 6.42. The Morgan fingerprint density at radius 3 is 1.31 bits per heavy atom. The molecule has 2 rings (SSSR count). The fourth-order valence-electron chi connectivity index (χ4n) is 2.86. The standard InChI is InChI=1S/C10H18.C2H6O/c1-2-6-10-8-4-3-7-9(10)5-1;1-2-3/h9-10H,1-8H2;3H,2H2,1H3. The van der Waals surface area contributed by atoms with E-state index < -0.39 is 0 Å².